The normalized spacial score (nSPS) is 24.6. The highest BCUT2D eigenvalue weighted by Crippen LogP contribution is 2.24. The smallest absolute Gasteiger partial charge is 0.0757 e. The zero-order valence-electron chi connectivity index (χ0n) is 12.5. The van der Waals surface area contributed by atoms with E-state index < -0.39 is 0 Å². The average molecular weight is 261 g/mol. The predicted octanol–water partition coefficient (Wildman–Crippen LogP) is 3.19. The van der Waals surface area contributed by atoms with Crippen LogP contribution in [0.25, 0.3) is 0 Å². The Morgan fingerprint density at radius 3 is 2.42 bits per heavy atom. The molecule has 1 aromatic carbocycles. The second kappa shape index (κ2) is 7.06. The summed E-state index contributed by atoms with van der Waals surface area (Å²) in [6, 6.07) is 9.47. The molecule has 0 bridgehead atoms. The minimum absolute atomic E-state index is 0.366. The first-order valence-corrected chi connectivity index (χ1v) is 7.67. The molecule has 2 heteroatoms. The molecule has 3 unspecified atom stereocenters. The van der Waals surface area contributed by atoms with E-state index in [0.29, 0.717) is 18.1 Å². The van der Waals surface area contributed by atoms with Gasteiger partial charge in [0.2, 0.25) is 0 Å². The van der Waals surface area contributed by atoms with Crippen molar-refractivity contribution in [1.29, 1.82) is 0 Å². The molecule has 0 saturated carbocycles. The van der Waals surface area contributed by atoms with E-state index in [1.54, 1.807) is 0 Å². The molecule has 1 aliphatic rings. The van der Waals surface area contributed by atoms with Crippen LogP contribution in [-0.2, 0) is 17.6 Å². The largest absolute Gasteiger partial charge is 0.376 e. The van der Waals surface area contributed by atoms with Crippen LogP contribution >= 0.6 is 0 Å². The van der Waals surface area contributed by atoms with Gasteiger partial charge in [0.15, 0.2) is 0 Å². The monoisotopic (exact) mass is 261 g/mol. The van der Waals surface area contributed by atoms with Gasteiger partial charge in [0.05, 0.1) is 6.10 Å². The molecule has 0 spiro atoms. The number of nitrogens with one attached hydrogen (secondary N) is 1. The summed E-state index contributed by atoms with van der Waals surface area (Å²) < 4.78 is 5.93. The predicted molar refractivity (Wildman–Crippen MR) is 80.5 cm³/mol. The zero-order chi connectivity index (χ0) is 13.7. The Kier molecular flexibility index (Phi) is 5.41. The molecule has 2 nitrogen and oxygen atoms in total. The van der Waals surface area contributed by atoms with Crippen LogP contribution in [-0.4, -0.2) is 25.3 Å². The lowest BCUT2D eigenvalue weighted by Gasteiger charge is -2.27. The van der Waals surface area contributed by atoms with Gasteiger partial charge in [-0.2, -0.15) is 0 Å². The maximum atomic E-state index is 5.93. The minimum atomic E-state index is 0.366. The minimum Gasteiger partial charge on any atom is -0.376 e. The molecule has 106 valence electrons. The molecule has 1 fully saturated rings. The summed E-state index contributed by atoms with van der Waals surface area (Å²) in [5.74, 6) is 0.666. The van der Waals surface area contributed by atoms with Crippen LogP contribution in [0.2, 0.25) is 0 Å². The van der Waals surface area contributed by atoms with Gasteiger partial charge in [-0.05, 0) is 42.9 Å². The van der Waals surface area contributed by atoms with Gasteiger partial charge >= 0.3 is 0 Å². The molecule has 1 aliphatic heterocycles. The van der Waals surface area contributed by atoms with E-state index in [9.17, 15) is 0 Å². The Hall–Kier alpha value is -0.860. The summed E-state index contributed by atoms with van der Waals surface area (Å²) in [5, 5.41) is 3.61. The van der Waals surface area contributed by atoms with Crippen LogP contribution in [0.5, 0.6) is 0 Å². The van der Waals surface area contributed by atoms with E-state index in [1.807, 2.05) is 0 Å². The zero-order valence-corrected chi connectivity index (χ0v) is 12.5. The number of benzene rings is 1. The highest BCUT2D eigenvalue weighted by atomic mass is 16.5. The van der Waals surface area contributed by atoms with Crippen molar-refractivity contribution in [3.05, 3.63) is 35.4 Å². The highest BCUT2D eigenvalue weighted by molar-refractivity contribution is 5.23. The summed E-state index contributed by atoms with van der Waals surface area (Å²) in [6.45, 7) is 8.60. The SMILES string of the molecule is CCNC(Cc1ccc(CC)cc1)C1OCCC1C. The molecule has 0 radical (unpaired) electrons. The van der Waals surface area contributed by atoms with Crippen molar-refractivity contribution in [2.24, 2.45) is 5.92 Å². The van der Waals surface area contributed by atoms with Crippen LogP contribution in [0.1, 0.15) is 38.3 Å². The molecular weight excluding hydrogens is 234 g/mol. The van der Waals surface area contributed by atoms with Gasteiger partial charge in [0.25, 0.3) is 0 Å². The van der Waals surface area contributed by atoms with E-state index in [0.717, 1.165) is 26.0 Å². The third-order valence-corrected chi connectivity index (χ3v) is 4.19. The lowest BCUT2D eigenvalue weighted by atomic mass is 9.92. The van der Waals surface area contributed by atoms with E-state index in [1.165, 1.54) is 17.5 Å². The Bertz CT molecular complexity index is 373. The summed E-state index contributed by atoms with van der Waals surface area (Å²) in [6.07, 6.45) is 3.74. The molecule has 1 heterocycles. The lowest BCUT2D eigenvalue weighted by Crippen LogP contribution is -2.43. The quantitative estimate of drug-likeness (QED) is 0.849. The van der Waals surface area contributed by atoms with Crippen molar-refractivity contribution in [2.45, 2.75) is 52.2 Å². The van der Waals surface area contributed by atoms with Crippen molar-refractivity contribution in [3.63, 3.8) is 0 Å². The molecule has 1 N–H and O–H groups in total. The number of hydrogen-bond acceptors (Lipinski definition) is 2. The number of likely N-dealkylation sites (N-methyl/N-ethyl adjacent to an activating group) is 1. The van der Waals surface area contributed by atoms with Gasteiger partial charge in [0.1, 0.15) is 0 Å². The first kappa shape index (κ1) is 14.5. The Morgan fingerprint density at radius 1 is 1.21 bits per heavy atom. The van der Waals surface area contributed by atoms with Crippen molar-refractivity contribution >= 4 is 0 Å². The second-order valence-electron chi connectivity index (χ2n) is 5.64. The Balaban J connectivity index is 2.02. The Labute approximate surface area is 117 Å². The second-order valence-corrected chi connectivity index (χ2v) is 5.64. The molecule has 2 rings (SSSR count). The lowest BCUT2D eigenvalue weighted by molar-refractivity contribution is 0.0615. The fourth-order valence-corrected chi connectivity index (χ4v) is 2.96. The maximum Gasteiger partial charge on any atom is 0.0757 e. The van der Waals surface area contributed by atoms with Crippen LogP contribution in [0.4, 0.5) is 0 Å². The topological polar surface area (TPSA) is 21.3 Å². The molecular formula is C17H27NO. The highest BCUT2D eigenvalue weighted by Gasteiger charge is 2.31. The third-order valence-electron chi connectivity index (χ3n) is 4.19. The first-order valence-electron chi connectivity index (χ1n) is 7.67. The molecule has 3 atom stereocenters. The molecule has 19 heavy (non-hydrogen) atoms. The standard InChI is InChI=1S/C17H27NO/c1-4-14-6-8-15(9-7-14)12-16(18-5-2)17-13(3)10-11-19-17/h6-9,13,16-18H,4-5,10-12H2,1-3H3. The molecule has 1 saturated heterocycles. The summed E-state index contributed by atoms with van der Waals surface area (Å²) in [5.41, 5.74) is 2.82. The van der Waals surface area contributed by atoms with Gasteiger partial charge in [-0.3, -0.25) is 0 Å². The van der Waals surface area contributed by atoms with Gasteiger partial charge in [-0.15, -0.1) is 0 Å². The molecule has 0 aliphatic carbocycles. The fraction of sp³-hybridized carbons (Fsp3) is 0.647. The van der Waals surface area contributed by atoms with Crippen LogP contribution in [0, 0.1) is 5.92 Å². The summed E-state index contributed by atoms with van der Waals surface area (Å²) in [7, 11) is 0. The molecule has 1 aromatic rings. The molecule has 0 aromatic heterocycles. The number of aryl methyl sites for hydroxylation is 1. The van der Waals surface area contributed by atoms with Gasteiger partial charge in [-0.1, -0.05) is 45.0 Å². The fourth-order valence-electron chi connectivity index (χ4n) is 2.96. The van der Waals surface area contributed by atoms with Crippen LogP contribution < -0.4 is 5.32 Å². The summed E-state index contributed by atoms with van der Waals surface area (Å²) in [4.78, 5) is 0. The average Bonchev–Trinajstić information content (AvgIpc) is 2.85. The van der Waals surface area contributed by atoms with Crippen molar-refractivity contribution < 1.29 is 4.74 Å². The van der Waals surface area contributed by atoms with E-state index in [-0.39, 0.29) is 0 Å². The van der Waals surface area contributed by atoms with Crippen molar-refractivity contribution in [1.82, 2.24) is 5.32 Å². The van der Waals surface area contributed by atoms with E-state index in [2.05, 4.69) is 50.4 Å². The van der Waals surface area contributed by atoms with Gasteiger partial charge in [-0.25, -0.2) is 0 Å². The van der Waals surface area contributed by atoms with Crippen LogP contribution in [0.3, 0.4) is 0 Å². The molecule has 0 amide bonds. The van der Waals surface area contributed by atoms with Gasteiger partial charge < -0.3 is 10.1 Å². The van der Waals surface area contributed by atoms with Crippen LogP contribution in [0.15, 0.2) is 24.3 Å². The number of ether oxygens (including phenoxy) is 1. The van der Waals surface area contributed by atoms with E-state index >= 15 is 0 Å². The Morgan fingerprint density at radius 2 is 1.89 bits per heavy atom. The summed E-state index contributed by atoms with van der Waals surface area (Å²) >= 11 is 0. The van der Waals surface area contributed by atoms with E-state index in [4.69, 9.17) is 4.74 Å². The first-order chi connectivity index (χ1) is 9.24. The van der Waals surface area contributed by atoms with Crippen molar-refractivity contribution in [2.75, 3.05) is 13.2 Å². The maximum absolute atomic E-state index is 5.93. The third kappa shape index (κ3) is 3.80. The van der Waals surface area contributed by atoms with Crippen molar-refractivity contribution in [3.8, 4) is 0 Å². The number of hydrogen-bond donors (Lipinski definition) is 1. The number of rotatable bonds is 6. The van der Waals surface area contributed by atoms with Gasteiger partial charge in [0, 0.05) is 12.6 Å².